The maximum atomic E-state index is 10.5. The van der Waals surface area contributed by atoms with Crippen LogP contribution in [-0.2, 0) is 6.42 Å². The predicted molar refractivity (Wildman–Crippen MR) is 128 cm³/mol. The van der Waals surface area contributed by atoms with Crippen molar-refractivity contribution in [2.24, 2.45) is 5.92 Å². The molecule has 1 aliphatic heterocycles. The fourth-order valence-corrected chi connectivity index (χ4v) is 5.27. The lowest BCUT2D eigenvalue weighted by Gasteiger charge is -2.33. The lowest BCUT2D eigenvalue weighted by atomic mass is 9.90. The molecule has 32 heavy (non-hydrogen) atoms. The number of aliphatic hydroxyl groups excluding tert-OH is 1. The monoisotopic (exact) mass is 448 g/mol. The number of β-amino-alcohol motifs (C(OH)–C–C–N with tert-alkyl or cyclic N) is 1. The molecule has 0 amide bonds. The van der Waals surface area contributed by atoms with Gasteiger partial charge in [0, 0.05) is 12.1 Å². The molecule has 1 fully saturated rings. The number of aliphatic hydroxyl groups is 1. The molecular formula is C26H28N2O3S. The van der Waals surface area contributed by atoms with Gasteiger partial charge in [-0.05, 0) is 67.4 Å². The highest BCUT2D eigenvalue weighted by molar-refractivity contribution is 7.17. The number of hydrogen-bond donors (Lipinski definition) is 1. The van der Waals surface area contributed by atoms with Crippen molar-refractivity contribution in [3.8, 4) is 17.0 Å². The minimum absolute atomic E-state index is 0.278. The van der Waals surface area contributed by atoms with Crippen LogP contribution in [0, 0.1) is 5.92 Å². The van der Waals surface area contributed by atoms with Gasteiger partial charge in [0.1, 0.15) is 28.9 Å². The molecule has 2 aromatic carbocycles. The SMILES string of the molecule is O[C@@H](COc1cccc(-c2noc3ccsc23)c1)CN1CCC(Cc2ccccc2)CC1. The van der Waals surface area contributed by atoms with Crippen LogP contribution in [0.15, 0.2) is 70.6 Å². The normalized spacial score (nSPS) is 16.4. The Kier molecular flexibility index (Phi) is 6.53. The summed E-state index contributed by atoms with van der Waals surface area (Å²) in [6.07, 6.45) is 3.00. The molecule has 0 bridgehead atoms. The van der Waals surface area contributed by atoms with Gasteiger partial charge in [0.25, 0.3) is 0 Å². The first-order valence-corrected chi connectivity index (χ1v) is 12.1. The largest absolute Gasteiger partial charge is 0.491 e. The van der Waals surface area contributed by atoms with E-state index >= 15 is 0 Å². The molecule has 1 aliphatic rings. The summed E-state index contributed by atoms with van der Waals surface area (Å²) < 4.78 is 12.3. The molecule has 0 aliphatic carbocycles. The summed E-state index contributed by atoms with van der Waals surface area (Å²) in [5.74, 6) is 1.46. The first-order valence-electron chi connectivity index (χ1n) is 11.2. The Bertz CT molecular complexity index is 1130. The fraction of sp³-hybridized carbons (Fsp3) is 0.346. The zero-order valence-electron chi connectivity index (χ0n) is 18.0. The van der Waals surface area contributed by atoms with Gasteiger partial charge in [0.2, 0.25) is 0 Å². The molecule has 5 nitrogen and oxygen atoms in total. The van der Waals surface area contributed by atoms with E-state index in [2.05, 4.69) is 40.4 Å². The van der Waals surface area contributed by atoms with Crippen LogP contribution in [0.2, 0.25) is 0 Å². The summed E-state index contributed by atoms with van der Waals surface area (Å²) >= 11 is 1.62. The predicted octanol–water partition coefficient (Wildman–Crippen LogP) is 5.25. The summed E-state index contributed by atoms with van der Waals surface area (Å²) in [5.41, 5.74) is 4.02. The Morgan fingerprint density at radius 1 is 1.09 bits per heavy atom. The molecule has 3 heterocycles. The van der Waals surface area contributed by atoms with Crippen LogP contribution in [0.25, 0.3) is 21.5 Å². The van der Waals surface area contributed by atoms with Crippen molar-refractivity contribution >= 4 is 21.6 Å². The third-order valence-electron chi connectivity index (χ3n) is 6.17. The molecule has 0 unspecified atom stereocenters. The summed E-state index contributed by atoms with van der Waals surface area (Å²) in [7, 11) is 0. The first-order chi connectivity index (χ1) is 15.7. The highest BCUT2D eigenvalue weighted by Gasteiger charge is 2.21. The molecule has 2 aromatic heterocycles. The molecule has 166 valence electrons. The minimum atomic E-state index is -0.514. The summed E-state index contributed by atoms with van der Waals surface area (Å²) in [5, 5.41) is 16.7. The third kappa shape index (κ3) is 5.04. The standard InChI is InChI=1S/C26H28N2O3S/c29-22(17-28-12-9-20(10-13-28)15-19-5-2-1-3-6-19)18-30-23-8-4-7-21(16-23)25-26-24(31-27-25)11-14-32-26/h1-8,11,14,16,20,22,29H,9-10,12-13,15,17-18H2/t22-/m1/s1. The van der Waals surface area contributed by atoms with Crippen molar-refractivity contribution < 1.29 is 14.4 Å². The summed E-state index contributed by atoms with van der Waals surface area (Å²) in [6, 6.07) is 20.5. The third-order valence-corrected chi connectivity index (χ3v) is 7.08. The van der Waals surface area contributed by atoms with E-state index in [9.17, 15) is 5.11 Å². The molecule has 1 N–H and O–H groups in total. The van der Waals surface area contributed by atoms with Gasteiger partial charge in [-0.1, -0.05) is 47.6 Å². The number of likely N-dealkylation sites (tertiary alicyclic amines) is 1. The van der Waals surface area contributed by atoms with Crippen molar-refractivity contribution in [1.29, 1.82) is 0 Å². The van der Waals surface area contributed by atoms with Crippen molar-refractivity contribution in [3.63, 3.8) is 0 Å². The number of hydrogen-bond acceptors (Lipinski definition) is 6. The smallest absolute Gasteiger partial charge is 0.178 e. The van der Waals surface area contributed by atoms with Crippen LogP contribution in [-0.4, -0.2) is 47.5 Å². The van der Waals surface area contributed by atoms with Gasteiger partial charge in [0.15, 0.2) is 5.58 Å². The lowest BCUT2D eigenvalue weighted by molar-refractivity contribution is 0.0551. The molecule has 4 aromatic rings. The zero-order valence-corrected chi connectivity index (χ0v) is 18.8. The Hall–Kier alpha value is -2.67. The van der Waals surface area contributed by atoms with E-state index in [0.717, 1.165) is 52.7 Å². The van der Waals surface area contributed by atoms with Crippen molar-refractivity contribution in [2.45, 2.75) is 25.4 Å². The molecule has 0 radical (unpaired) electrons. The highest BCUT2D eigenvalue weighted by Crippen LogP contribution is 2.33. The number of fused-ring (bicyclic) bond motifs is 1. The second kappa shape index (κ2) is 9.86. The average molecular weight is 449 g/mol. The van der Waals surface area contributed by atoms with E-state index in [4.69, 9.17) is 9.26 Å². The van der Waals surface area contributed by atoms with E-state index in [1.807, 2.05) is 35.7 Å². The van der Waals surface area contributed by atoms with Crippen molar-refractivity contribution in [1.82, 2.24) is 10.1 Å². The van der Waals surface area contributed by atoms with Crippen LogP contribution < -0.4 is 4.74 Å². The van der Waals surface area contributed by atoms with Crippen LogP contribution in [0.4, 0.5) is 0 Å². The van der Waals surface area contributed by atoms with Crippen molar-refractivity contribution in [2.75, 3.05) is 26.2 Å². The number of piperidine rings is 1. The van der Waals surface area contributed by atoms with Gasteiger partial charge in [-0.3, -0.25) is 0 Å². The van der Waals surface area contributed by atoms with Gasteiger partial charge in [-0.25, -0.2) is 0 Å². The van der Waals surface area contributed by atoms with E-state index in [-0.39, 0.29) is 6.61 Å². The second-order valence-electron chi connectivity index (χ2n) is 8.57. The van der Waals surface area contributed by atoms with Crippen LogP contribution in [0.1, 0.15) is 18.4 Å². The van der Waals surface area contributed by atoms with Crippen molar-refractivity contribution in [3.05, 3.63) is 71.6 Å². The summed E-state index contributed by atoms with van der Waals surface area (Å²) in [6.45, 7) is 3.00. The minimum Gasteiger partial charge on any atom is -0.491 e. The number of aromatic nitrogens is 1. The van der Waals surface area contributed by atoms with Crippen LogP contribution in [0.3, 0.4) is 0 Å². The van der Waals surface area contributed by atoms with Gasteiger partial charge >= 0.3 is 0 Å². The van der Waals surface area contributed by atoms with Crippen LogP contribution in [0.5, 0.6) is 5.75 Å². The van der Waals surface area contributed by atoms with E-state index in [1.54, 1.807) is 11.3 Å². The molecule has 1 saturated heterocycles. The number of rotatable bonds is 8. The average Bonchev–Trinajstić information content (AvgIpc) is 3.44. The van der Waals surface area contributed by atoms with Gasteiger partial charge < -0.3 is 19.3 Å². The number of thiophene rings is 1. The summed E-state index contributed by atoms with van der Waals surface area (Å²) in [4.78, 5) is 2.36. The molecule has 6 heteroatoms. The molecule has 5 rings (SSSR count). The van der Waals surface area contributed by atoms with Crippen LogP contribution >= 0.6 is 11.3 Å². The zero-order chi connectivity index (χ0) is 21.8. The van der Waals surface area contributed by atoms with E-state index in [0.29, 0.717) is 6.54 Å². The molecular weight excluding hydrogens is 420 g/mol. The number of benzene rings is 2. The molecule has 0 spiro atoms. The van der Waals surface area contributed by atoms with Gasteiger partial charge in [-0.2, -0.15) is 0 Å². The first kappa shape index (κ1) is 21.2. The number of nitrogens with zero attached hydrogens (tertiary/aromatic N) is 2. The lowest BCUT2D eigenvalue weighted by Crippen LogP contribution is -2.41. The van der Waals surface area contributed by atoms with E-state index < -0.39 is 6.10 Å². The maximum Gasteiger partial charge on any atom is 0.178 e. The Labute approximate surface area is 192 Å². The second-order valence-corrected chi connectivity index (χ2v) is 9.49. The highest BCUT2D eigenvalue weighted by atomic mass is 32.1. The van der Waals surface area contributed by atoms with Gasteiger partial charge in [0.05, 0.1) is 0 Å². The van der Waals surface area contributed by atoms with E-state index in [1.165, 1.54) is 18.4 Å². The Morgan fingerprint density at radius 2 is 1.94 bits per heavy atom. The maximum absolute atomic E-state index is 10.5. The molecule has 0 saturated carbocycles. The van der Waals surface area contributed by atoms with Gasteiger partial charge in [-0.15, -0.1) is 11.3 Å². The quantitative estimate of drug-likeness (QED) is 0.399. The molecule has 1 atom stereocenters. The number of ether oxygens (including phenoxy) is 1. The topological polar surface area (TPSA) is 58.7 Å². The fourth-order valence-electron chi connectivity index (χ4n) is 4.46. The Balaban J connectivity index is 1.10. The Morgan fingerprint density at radius 3 is 2.78 bits per heavy atom.